The number of fused-ring (bicyclic) bond motifs is 1. The average molecular weight is 241 g/mol. The Bertz CT molecular complexity index is 305. The Morgan fingerprint density at radius 3 is 2.76 bits per heavy atom. The number of nitrogens with zero attached hydrogens (tertiary/aromatic N) is 1. The lowest BCUT2D eigenvalue weighted by Crippen LogP contribution is -2.52. The quantitative estimate of drug-likeness (QED) is 0.750. The minimum atomic E-state index is -0.891. The van der Waals surface area contributed by atoms with E-state index in [1.807, 2.05) is 13.8 Å². The van der Waals surface area contributed by atoms with Crippen molar-refractivity contribution in [1.29, 1.82) is 0 Å². The van der Waals surface area contributed by atoms with Crippen molar-refractivity contribution in [2.24, 2.45) is 11.8 Å². The Morgan fingerprint density at radius 1 is 1.47 bits per heavy atom. The van der Waals surface area contributed by atoms with Gasteiger partial charge in [0.2, 0.25) is 0 Å². The second kappa shape index (κ2) is 4.58. The van der Waals surface area contributed by atoms with Crippen molar-refractivity contribution in [3.63, 3.8) is 0 Å². The number of methoxy groups -OCH3 is 1. The molecule has 3 unspecified atom stereocenters. The zero-order valence-corrected chi connectivity index (χ0v) is 11.0. The summed E-state index contributed by atoms with van der Waals surface area (Å²) in [5.74, 6) is -0.565. The monoisotopic (exact) mass is 241 g/mol. The zero-order chi connectivity index (χ0) is 12.6. The molecule has 0 amide bonds. The summed E-state index contributed by atoms with van der Waals surface area (Å²) in [5.41, 5.74) is -0.891. The van der Waals surface area contributed by atoms with Crippen molar-refractivity contribution in [3.05, 3.63) is 0 Å². The molecular weight excluding hydrogens is 218 g/mol. The van der Waals surface area contributed by atoms with E-state index >= 15 is 0 Å². The van der Waals surface area contributed by atoms with E-state index in [1.54, 1.807) is 0 Å². The number of esters is 1. The fourth-order valence-corrected chi connectivity index (χ4v) is 3.69. The Balaban J connectivity index is 2.25. The predicted molar refractivity (Wildman–Crippen MR) is 64.5 cm³/mol. The van der Waals surface area contributed by atoms with Crippen LogP contribution in [0.5, 0.6) is 0 Å². The summed E-state index contributed by atoms with van der Waals surface area (Å²) in [6.45, 7) is 5.93. The van der Waals surface area contributed by atoms with Gasteiger partial charge in [-0.2, -0.15) is 0 Å². The predicted octanol–water partition coefficient (Wildman–Crippen LogP) is 1.03. The molecular formula is C13H23NO3. The molecule has 1 N–H and O–H groups in total. The summed E-state index contributed by atoms with van der Waals surface area (Å²) < 4.78 is 4.88. The second-order valence-electron chi connectivity index (χ2n) is 5.68. The first-order valence-electron chi connectivity index (χ1n) is 6.55. The fraction of sp³-hybridized carbons (Fsp3) is 0.923. The first-order valence-corrected chi connectivity index (χ1v) is 6.55. The van der Waals surface area contributed by atoms with Crippen LogP contribution in [0.15, 0.2) is 0 Å². The maximum atomic E-state index is 11.9. The van der Waals surface area contributed by atoms with E-state index in [4.69, 9.17) is 4.74 Å². The second-order valence-corrected chi connectivity index (χ2v) is 5.68. The highest BCUT2D eigenvalue weighted by atomic mass is 16.5. The lowest BCUT2D eigenvalue weighted by molar-refractivity contribution is -0.161. The highest BCUT2D eigenvalue weighted by Gasteiger charge is 2.55. The van der Waals surface area contributed by atoms with Crippen molar-refractivity contribution in [2.75, 3.05) is 20.2 Å². The average Bonchev–Trinajstić information content (AvgIpc) is 2.83. The van der Waals surface area contributed by atoms with Crippen LogP contribution in [0.25, 0.3) is 0 Å². The van der Waals surface area contributed by atoms with Crippen LogP contribution in [0.2, 0.25) is 0 Å². The number of hydrogen-bond acceptors (Lipinski definition) is 4. The van der Waals surface area contributed by atoms with Crippen LogP contribution in [0, 0.1) is 11.8 Å². The zero-order valence-electron chi connectivity index (χ0n) is 11.0. The Kier molecular flexibility index (Phi) is 3.46. The van der Waals surface area contributed by atoms with Gasteiger partial charge >= 0.3 is 5.97 Å². The molecule has 2 aliphatic heterocycles. The van der Waals surface area contributed by atoms with Gasteiger partial charge in [0.05, 0.1) is 18.6 Å². The molecule has 0 saturated carbocycles. The molecule has 0 aromatic carbocycles. The van der Waals surface area contributed by atoms with Crippen molar-refractivity contribution in [2.45, 2.75) is 44.8 Å². The van der Waals surface area contributed by atoms with Gasteiger partial charge in [0.15, 0.2) is 0 Å². The minimum absolute atomic E-state index is 0.105. The van der Waals surface area contributed by atoms with E-state index < -0.39 is 11.5 Å². The standard InChI is InChI=1S/C13H23NO3/c1-9(2)11(12(15)17-3)13(16)6-8-14-7-4-5-10(13)14/h9-11,16H,4-8H2,1-3H3. The van der Waals surface area contributed by atoms with E-state index in [2.05, 4.69) is 4.90 Å². The summed E-state index contributed by atoms with van der Waals surface area (Å²) >= 11 is 0. The number of rotatable bonds is 3. The lowest BCUT2D eigenvalue weighted by Gasteiger charge is -2.37. The first kappa shape index (κ1) is 12.8. The number of carbonyl (C=O) groups excluding carboxylic acids is 1. The maximum Gasteiger partial charge on any atom is 0.311 e. The summed E-state index contributed by atoms with van der Waals surface area (Å²) in [6.07, 6.45) is 2.81. The van der Waals surface area contributed by atoms with Crippen LogP contribution in [0.1, 0.15) is 33.1 Å². The Hall–Kier alpha value is -0.610. The molecule has 2 heterocycles. The summed E-state index contributed by atoms with van der Waals surface area (Å²) in [5, 5.41) is 11.0. The van der Waals surface area contributed by atoms with Gasteiger partial charge in [-0.3, -0.25) is 9.69 Å². The molecule has 17 heavy (non-hydrogen) atoms. The van der Waals surface area contributed by atoms with Gasteiger partial charge in [-0.15, -0.1) is 0 Å². The van der Waals surface area contributed by atoms with Crippen LogP contribution in [0.4, 0.5) is 0 Å². The smallest absolute Gasteiger partial charge is 0.311 e. The molecule has 0 aliphatic carbocycles. The van der Waals surface area contributed by atoms with Crippen molar-refractivity contribution < 1.29 is 14.6 Å². The fourth-order valence-electron chi connectivity index (χ4n) is 3.69. The molecule has 3 atom stereocenters. The molecule has 0 radical (unpaired) electrons. The summed E-state index contributed by atoms with van der Waals surface area (Å²) in [6, 6.07) is 0.147. The Labute approximate surface area is 103 Å². The van der Waals surface area contributed by atoms with Gasteiger partial charge in [-0.1, -0.05) is 13.8 Å². The SMILES string of the molecule is COC(=O)C(C(C)C)C1(O)CCN2CCCC21. The van der Waals surface area contributed by atoms with Crippen molar-refractivity contribution >= 4 is 5.97 Å². The molecule has 0 aromatic heterocycles. The largest absolute Gasteiger partial charge is 0.469 e. The lowest BCUT2D eigenvalue weighted by atomic mass is 9.74. The molecule has 98 valence electrons. The van der Waals surface area contributed by atoms with Crippen LogP contribution in [0.3, 0.4) is 0 Å². The number of hydrogen-bond donors (Lipinski definition) is 1. The Morgan fingerprint density at radius 2 is 2.18 bits per heavy atom. The summed E-state index contributed by atoms with van der Waals surface area (Å²) in [4.78, 5) is 14.3. The summed E-state index contributed by atoms with van der Waals surface area (Å²) in [7, 11) is 1.41. The molecule has 2 fully saturated rings. The molecule has 4 nitrogen and oxygen atoms in total. The third kappa shape index (κ3) is 1.97. The van der Waals surface area contributed by atoms with Crippen LogP contribution in [-0.2, 0) is 9.53 Å². The van der Waals surface area contributed by atoms with Gasteiger partial charge in [-0.05, 0) is 31.7 Å². The maximum absolute atomic E-state index is 11.9. The van der Waals surface area contributed by atoms with E-state index in [0.717, 1.165) is 25.9 Å². The van der Waals surface area contributed by atoms with Gasteiger partial charge in [-0.25, -0.2) is 0 Å². The number of aliphatic hydroxyl groups is 1. The highest BCUT2D eigenvalue weighted by Crippen LogP contribution is 2.43. The van der Waals surface area contributed by atoms with E-state index in [0.29, 0.717) is 6.42 Å². The van der Waals surface area contributed by atoms with Gasteiger partial charge in [0.25, 0.3) is 0 Å². The van der Waals surface area contributed by atoms with Crippen LogP contribution in [-0.4, -0.2) is 47.8 Å². The molecule has 2 rings (SSSR count). The normalized spacial score (nSPS) is 35.0. The molecule has 2 aliphatic rings. The number of ether oxygens (including phenoxy) is 1. The molecule has 2 saturated heterocycles. The van der Waals surface area contributed by atoms with Gasteiger partial charge in [0.1, 0.15) is 0 Å². The van der Waals surface area contributed by atoms with Gasteiger partial charge < -0.3 is 9.84 Å². The third-order valence-electron chi connectivity index (χ3n) is 4.40. The molecule has 0 bridgehead atoms. The van der Waals surface area contributed by atoms with E-state index in [9.17, 15) is 9.90 Å². The minimum Gasteiger partial charge on any atom is -0.469 e. The van der Waals surface area contributed by atoms with Crippen LogP contribution >= 0.6 is 0 Å². The number of carbonyl (C=O) groups is 1. The third-order valence-corrected chi connectivity index (χ3v) is 4.40. The molecule has 0 aromatic rings. The topological polar surface area (TPSA) is 49.8 Å². The van der Waals surface area contributed by atoms with E-state index in [1.165, 1.54) is 7.11 Å². The first-order chi connectivity index (χ1) is 8.00. The highest BCUT2D eigenvalue weighted by molar-refractivity contribution is 5.74. The van der Waals surface area contributed by atoms with Crippen molar-refractivity contribution in [3.8, 4) is 0 Å². The molecule has 4 heteroatoms. The van der Waals surface area contributed by atoms with E-state index in [-0.39, 0.29) is 17.9 Å². The van der Waals surface area contributed by atoms with Crippen molar-refractivity contribution in [1.82, 2.24) is 4.90 Å². The van der Waals surface area contributed by atoms with Crippen LogP contribution < -0.4 is 0 Å². The van der Waals surface area contributed by atoms with Gasteiger partial charge in [0, 0.05) is 12.6 Å². The molecule has 0 spiro atoms.